The van der Waals surface area contributed by atoms with Crippen molar-refractivity contribution in [1.82, 2.24) is 10.7 Å². The third-order valence-electron chi connectivity index (χ3n) is 1.38. The summed E-state index contributed by atoms with van der Waals surface area (Å²) in [6.45, 7) is 2.46. The maximum atomic E-state index is 12.0. The average Bonchev–Trinajstić information content (AvgIpc) is 2.10. The largest absolute Gasteiger partial charge is 0.460 e. The summed E-state index contributed by atoms with van der Waals surface area (Å²) in [5.41, 5.74) is 0.00960. The van der Waals surface area contributed by atoms with Crippen molar-refractivity contribution in [2.75, 3.05) is 13.2 Å². The fourth-order valence-corrected chi connectivity index (χ4v) is 0.625. The molecule has 1 atom stereocenters. The molecule has 0 aromatic heterocycles. The maximum Gasteiger partial charge on any atom is 0.333 e. The lowest BCUT2D eigenvalue weighted by molar-refractivity contribution is -0.237. The Morgan fingerprint density at radius 1 is 1.40 bits per heavy atom. The fraction of sp³-hybridized carbons (Fsp3) is 0.571. The molecule has 8 heteroatoms. The molecule has 0 spiro atoms. The standard InChI is InChI=1S/C7H10F4N2O2/c1-5(2)7(14)15-4-6(13(10)11)3-12(8)9/h6H,1,3-4H2,2H3. The van der Waals surface area contributed by atoms with Gasteiger partial charge in [0.15, 0.2) is 0 Å². The normalized spacial score (nSPS) is 13.0. The Balaban J connectivity index is 4.07. The second-order valence-corrected chi connectivity index (χ2v) is 2.78. The van der Waals surface area contributed by atoms with Gasteiger partial charge in [-0.05, 0) is 6.92 Å². The van der Waals surface area contributed by atoms with E-state index in [9.17, 15) is 22.7 Å². The predicted octanol–water partition coefficient (Wildman–Crippen LogP) is 1.62. The van der Waals surface area contributed by atoms with E-state index in [-0.39, 0.29) is 5.57 Å². The second-order valence-electron chi connectivity index (χ2n) is 2.78. The van der Waals surface area contributed by atoms with E-state index in [2.05, 4.69) is 11.3 Å². The first-order valence-corrected chi connectivity index (χ1v) is 3.87. The zero-order valence-corrected chi connectivity index (χ0v) is 7.92. The van der Waals surface area contributed by atoms with Crippen molar-refractivity contribution in [3.05, 3.63) is 12.2 Å². The van der Waals surface area contributed by atoms with Crippen molar-refractivity contribution in [2.24, 2.45) is 0 Å². The molecule has 0 aliphatic heterocycles. The molecular weight excluding hydrogens is 220 g/mol. The minimum atomic E-state index is -1.87. The highest BCUT2D eigenvalue weighted by atomic mass is 19.4. The minimum absolute atomic E-state index is 0.00960. The van der Waals surface area contributed by atoms with E-state index in [0.717, 1.165) is 0 Å². The number of hydrogen-bond donors (Lipinski definition) is 0. The third kappa shape index (κ3) is 6.02. The van der Waals surface area contributed by atoms with Crippen LogP contribution in [0.3, 0.4) is 0 Å². The van der Waals surface area contributed by atoms with Crippen molar-refractivity contribution in [2.45, 2.75) is 13.0 Å². The fourth-order valence-electron chi connectivity index (χ4n) is 0.625. The van der Waals surface area contributed by atoms with E-state index in [0.29, 0.717) is 0 Å². The summed E-state index contributed by atoms with van der Waals surface area (Å²) in [4.78, 5) is 10.8. The highest BCUT2D eigenvalue weighted by Crippen LogP contribution is 2.06. The minimum Gasteiger partial charge on any atom is -0.460 e. The Hall–Kier alpha value is -1.15. The predicted molar refractivity (Wildman–Crippen MR) is 42.5 cm³/mol. The molecule has 15 heavy (non-hydrogen) atoms. The zero-order chi connectivity index (χ0) is 12.0. The molecule has 4 nitrogen and oxygen atoms in total. The smallest absolute Gasteiger partial charge is 0.333 e. The van der Waals surface area contributed by atoms with E-state index in [1.165, 1.54) is 6.92 Å². The number of halogens is 4. The molecule has 0 heterocycles. The molecule has 0 amide bonds. The number of esters is 1. The first kappa shape index (κ1) is 13.8. The van der Waals surface area contributed by atoms with Crippen molar-refractivity contribution < 1.29 is 27.5 Å². The van der Waals surface area contributed by atoms with Gasteiger partial charge in [0, 0.05) is 16.3 Å². The average molecular weight is 230 g/mol. The van der Waals surface area contributed by atoms with E-state index in [1.54, 1.807) is 0 Å². The van der Waals surface area contributed by atoms with Crippen LogP contribution >= 0.6 is 0 Å². The van der Waals surface area contributed by atoms with Crippen LogP contribution in [0.4, 0.5) is 17.9 Å². The molecule has 0 N–H and O–H groups in total. The van der Waals surface area contributed by atoms with Gasteiger partial charge in [0.1, 0.15) is 12.6 Å². The summed E-state index contributed by atoms with van der Waals surface area (Å²) in [7, 11) is 0. The summed E-state index contributed by atoms with van der Waals surface area (Å²) < 4.78 is 51.5. The Morgan fingerprint density at radius 2 is 1.93 bits per heavy atom. The van der Waals surface area contributed by atoms with Gasteiger partial charge in [-0.3, -0.25) is 0 Å². The molecule has 0 aliphatic carbocycles. The molecule has 0 saturated heterocycles. The lowest BCUT2D eigenvalue weighted by atomic mass is 10.3. The Kier molecular flexibility index (Phi) is 5.87. The molecule has 0 saturated carbocycles. The van der Waals surface area contributed by atoms with Crippen LogP contribution in [-0.4, -0.2) is 35.9 Å². The van der Waals surface area contributed by atoms with Crippen LogP contribution in [0.15, 0.2) is 12.2 Å². The molecule has 0 fully saturated rings. The van der Waals surface area contributed by atoms with Crippen molar-refractivity contribution >= 4 is 5.97 Å². The quantitative estimate of drug-likeness (QED) is 0.300. The van der Waals surface area contributed by atoms with Crippen molar-refractivity contribution in [3.8, 4) is 0 Å². The monoisotopic (exact) mass is 230 g/mol. The summed E-state index contributed by atoms with van der Waals surface area (Å²) in [6, 6.07) is -1.87. The first-order valence-electron chi connectivity index (χ1n) is 3.87. The van der Waals surface area contributed by atoms with Gasteiger partial charge in [0.2, 0.25) is 0 Å². The van der Waals surface area contributed by atoms with Gasteiger partial charge < -0.3 is 4.74 Å². The van der Waals surface area contributed by atoms with E-state index < -0.39 is 35.9 Å². The summed E-state index contributed by atoms with van der Waals surface area (Å²) >= 11 is 0. The highest BCUT2D eigenvalue weighted by Gasteiger charge is 2.24. The number of carbonyl (C=O) groups is 1. The van der Waals surface area contributed by atoms with Crippen molar-refractivity contribution in [3.63, 3.8) is 0 Å². The number of rotatable bonds is 6. The van der Waals surface area contributed by atoms with Gasteiger partial charge in [-0.2, -0.15) is 0 Å². The van der Waals surface area contributed by atoms with E-state index in [4.69, 9.17) is 0 Å². The highest BCUT2D eigenvalue weighted by molar-refractivity contribution is 5.86. The summed E-state index contributed by atoms with van der Waals surface area (Å²) in [5, 5.41) is -2.84. The van der Waals surface area contributed by atoms with Gasteiger partial charge in [-0.1, -0.05) is 6.58 Å². The second kappa shape index (κ2) is 6.36. The van der Waals surface area contributed by atoms with Crippen LogP contribution < -0.4 is 0 Å². The number of carbonyl (C=O) groups excluding carboxylic acids is 1. The molecule has 0 bridgehead atoms. The van der Waals surface area contributed by atoms with E-state index in [1.807, 2.05) is 0 Å². The molecule has 0 aromatic carbocycles. The van der Waals surface area contributed by atoms with Gasteiger partial charge in [-0.15, -0.1) is 17.9 Å². The molecule has 88 valence electrons. The first-order chi connectivity index (χ1) is 6.84. The topological polar surface area (TPSA) is 32.8 Å². The molecular formula is C7H10F4N2O2. The zero-order valence-electron chi connectivity index (χ0n) is 7.92. The molecule has 0 aliphatic rings. The lowest BCUT2D eigenvalue weighted by Crippen LogP contribution is -2.35. The van der Waals surface area contributed by atoms with E-state index >= 15 is 0 Å². The van der Waals surface area contributed by atoms with Gasteiger partial charge in [0.05, 0.1) is 6.54 Å². The molecule has 0 aromatic rings. The van der Waals surface area contributed by atoms with Crippen LogP contribution in [0.2, 0.25) is 0 Å². The third-order valence-corrected chi connectivity index (χ3v) is 1.38. The molecule has 0 radical (unpaired) electrons. The van der Waals surface area contributed by atoms with Crippen LogP contribution in [0.5, 0.6) is 0 Å². The van der Waals surface area contributed by atoms with Gasteiger partial charge >= 0.3 is 5.97 Å². The van der Waals surface area contributed by atoms with Crippen LogP contribution in [-0.2, 0) is 9.53 Å². The number of nitrogens with zero attached hydrogens (tertiary/aromatic N) is 2. The Morgan fingerprint density at radius 3 is 2.27 bits per heavy atom. The molecule has 0 rings (SSSR count). The van der Waals surface area contributed by atoms with Crippen LogP contribution in [0.25, 0.3) is 0 Å². The number of hydrogen-bond acceptors (Lipinski definition) is 4. The maximum absolute atomic E-state index is 12.0. The van der Waals surface area contributed by atoms with Crippen LogP contribution in [0, 0.1) is 0 Å². The lowest BCUT2D eigenvalue weighted by Gasteiger charge is -2.16. The van der Waals surface area contributed by atoms with Gasteiger partial charge in [-0.25, -0.2) is 4.79 Å². The SMILES string of the molecule is C=C(C)C(=O)OCC(CN(F)F)N(F)F. The van der Waals surface area contributed by atoms with Crippen LogP contribution in [0.1, 0.15) is 6.92 Å². The van der Waals surface area contributed by atoms with Crippen molar-refractivity contribution in [1.29, 1.82) is 0 Å². The summed E-state index contributed by atoms with van der Waals surface area (Å²) in [6.07, 6.45) is 0. The number of ether oxygens (including phenoxy) is 1. The van der Waals surface area contributed by atoms with Gasteiger partial charge in [0.25, 0.3) is 0 Å². The Labute approximate surface area is 83.4 Å². The summed E-state index contributed by atoms with van der Waals surface area (Å²) in [5.74, 6) is -0.897. The Bertz CT molecular complexity index is 235. The molecule has 1 unspecified atom stereocenters.